The van der Waals surface area contributed by atoms with Crippen LogP contribution in [0, 0.1) is 0 Å². The molecule has 3 rings (SSSR count). The monoisotopic (exact) mass is 344 g/mol. The van der Waals surface area contributed by atoms with Crippen molar-refractivity contribution >= 4 is 21.6 Å². The highest BCUT2D eigenvalue weighted by molar-refractivity contribution is 9.10. The summed E-state index contributed by atoms with van der Waals surface area (Å²) < 4.78 is 1.05. The summed E-state index contributed by atoms with van der Waals surface area (Å²) in [4.78, 5) is 12.5. The Kier molecular flexibility index (Phi) is 3.92. The first-order valence-electron chi connectivity index (χ1n) is 6.43. The maximum atomic E-state index is 4.47. The van der Waals surface area contributed by atoms with Crippen molar-refractivity contribution < 1.29 is 0 Å². The van der Waals surface area contributed by atoms with Gasteiger partial charge in [-0.05, 0) is 37.3 Å². The van der Waals surface area contributed by atoms with Crippen molar-refractivity contribution in [3.8, 4) is 11.5 Å². The van der Waals surface area contributed by atoms with E-state index in [2.05, 4.69) is 46.4 Å². The number of nitrogens with zero attached hydrogens (tertiary/aromatic N) is 4. The van der Waals surface area contributed by atoms with Crippen molar-refractivity contribution in [1.29, 1.82) is 0 Å². The van der Waals surface area contributed by atoms with Crippen LogP contribution >= 0.6 is 15.9 Å². The van der Waals surface area contributed by atoms with Crippen LogP contribution in [0.5, 0.6) is 0 Å². The number of hydrogen-bond acceptors (Lipinski definition) is 5. The highest BCUT2D eigenvalue weighted by atomic mass is 79.9. The van der Waals surface area contributed by atoms with E-state index in [9.17, 15) is 0 Å². The Morgan fingerprint density at radius 3 is 2.71 bits per heavy atom. The smallest absolute Gasteiger partial charge is 0.199 e. The van der Waals surface area contributed by atoms with E-state index in [1.165, 1.54) is 6.33 Å². The molecule has 0 fully saturated rings. The molecule has 0 unspecified atom stereocenters. The molecule has 106 valence electrons. The number of H-pyrrole nitrogens is 1. The standard InChI is InChI=1S/C14H13BrN6/c1-9(18-11-4-2-10(15)3-5-11)13-19-14(21-20-13)12-6-7-16-8-17-12/h2-9,18H,1H3,(H,19,20,21)/t9-/m1/s1. The molecule has 0 aliphatic heterocycles. The van der Waals surface area contributed by atoms with Gasteiger partial charge in [-0.2, -0.15) is 5.10 Å². The summed E-state index contributed by atoms with van der Waals surface area (Å²) in [6.45, 7) is 2.02. The van der Waals surface area contributed by atoms with E-state index < -0.39 is 0 Å². The molecule has 6 nitrogen and oxygen atoms in total. The van der Waals surface area contributed by atoms with Gasteiger partial charge in [0, 0.05) is 16.4 Å². The van der Waals surface area contributed by atoms with Crippen LogP contribution in [-0.4, -0.2) is 25.1 Å². The molecule has 0 amide bonds. The zero-order valence-corrected chi connectivity index (χ0v) is 12.9. The lowest BCUT2D eigenvalue weighted by atomic mass is 10.2. The first kappa shape index (κ1) is 13.7. The molecular formula is C14H13BrN6. The van der Waals surface area contributed by atoms with E-state index in [-0.39, 0.29) is 6.04 Å². The van der Waals surface area contributed by atoms with Gasteiger partial charge in [-0.25, -0.2) is 15.0 Å². The minimum atomic E-state index is 0.00858. The van der Waals surface area contributed by atoms with Gasteiger partial charge in [0.2, 0.25) is 0 Å². The predicted molar refractivity (Wildman–Crippen MR) is 83.6 cm³/mol. The molecule has 1 atom stereocenters. The first-order chi connectivity index (χ1) is 10.2. The number of aromatic nitrogens is 5. The van der Waals surface area contributed by atoms with Crippen LogP contribution < -0.4 is 5.32 Å². The van der Waals surface area contributed by atoms with E-state index in [0.717, 1.165) is 16.0 Å². The minimum absolute atomic E-state index is 0.00858. The third-order valence-electron chi connectivity index (χ3n) is 2.95. The lowest BCUT2D eigenvalue weighted by Gasteiger charge is -2.12. The Balaban J connectivity index is 1.75. The second-order valence-electron chi connectivity index (χ2n) is 4.51. The molecule has 2 heterocycles. The van der Waals surface area contributed by atoms with Gasteiger partial charge >= 0.3 is 0 Å². The molecule has 0 radical (unpaired) electrons. The van der Waals surface area contributed by atoms with Crippen LogP contribution in [0.1, 0.15) is 18.8 Å². The van der Waals surface area contributed by atoms with Crippen LogP contribution in [0.15, 0.2) is 47.3 Å². The molecule has 0 bridgehead atoms. The average Bonchev–Trinajstić information content (AvgIpc) is 3.00. The van der Waals surface area contributed by atoms with Crippen LogP contribution in [0.3, 0.4) is 0 Å². The molecule has 0 saturated carbocycles. The van der Waals surface area contributed by atoms with Gasteiger partial charge in [-0.1, -0.05) is 15.9 Å². The lowest BCUT2D eigenvalue weighted by Crippen LogP contribution is -2.08. The molecule has 0 aliphatic rings. The van der Waals surface area contributed by atoms with E-state index >= 15 is 0 Å². The topological polar surface area (TPSA) is 79.4 Å². The summed E-state index contributed by atoms with van der Waals surface area (Å²) in [6.07, 6.45) is 3.15. The second kappa shape index (κ2) is 6.01. The molecule has 2 N–H and O–H groups in total. The number of benzene rings is 1. The molecule has 7 heteroatoms. The molecule has 1 aromatic carbocycles. The van der Waals surface area contributed by atoms with Crippen molar-refractivity contribution in [2.45, 2.75) is 13.0 Å². The third kappa shape index (κ3) is 3.25. The summed E-state index contributed by atoms with van der Waals surface area (Å²) in [5, 5.41) is 10.5. The zero-order valence-electron chi connectivity index (χ0n) is 11.3. The molecule has 0 saturated heterocycles. The van der Waals surface area contributed by atoms with Gasteiger partial charge < -0.3 is 5.32 Å². The van der Waals surface area contributed by atoms with Crippen molar-refractivity contribution in [3.63, 3.8) is 0 Å². The SMILES string of the molecule is C[C@@H](Nc1ccc(Br)cc1)c1nc(-c2ccncn2)n[nH]1. The number of nitrogens with one attached hydrogen (secondary N) is 2. The summed E-state index contributed by atoms with van der Waals surface area (Å²) in [5.41, 5.74) is 1.72. The fourth-order valence-electron chi connectivity index (χ4n) is 1.87. The summed E-state index contributed by atoms with van der Waals surface area (Å²) in [5.74, 6) is 1.32. The molecular weight excluding hydrogens is 332 g/mol. The van der Waals surface area contributed by atoms with Crippen LogP contribution in [-0.2, 0) is 0 Å². The second-order valence-corrected chi connectivity index (χ2v) is 5.43. The largest absolute Gasteiger partial charge is 0.375 e. The number of anilines is 1. The average molecular weight is 345 g/mol. The Labute approximate surface area is 130 Å². The van der Waals surface area contributed by atoms with Crippen molar-refractivity contribution in [3.05, 3.63) is 53.2 Å². The van der Waals surface area contributed by atoms with Crippen molar-refractivity contribution in [1.82, 2.24) is 25.1 Å². The summed E-state index contributed by atoms with van der Waals surface area (Å²) in [6, 6.07) is 9.77. The van der Waals surface area contributed by atoms with Crippen LogP contribution in [0.25, 0.3) is 11.5 Å². The van der Waals surface area contributed by atoms with E-state index in [1.807, 2.05) is 31.2 Å². The van der Waals surface area contributed by atoms with Gasteiger partial charge in [-0.15, -0.1) is 0 Å². The van der Waals surface area contributed by atoms with Crippen LogP contribution in [0.2, 0.25) is 0 Å². The Hall–Kier alpha value is -2.28. The Morgan fingerprint density at radius 2 is 2.00 bits per heavy atom. The third-order valence-corrected chi connectivity index (χ3v) is 3.48. The molecule has 2 aromatic heterocycles. The number of rotatable bonds is 4. The Morgan fingerprint density at radius 1 is 1.19 bits per heavy atom. The fourth-order valence-corrected chi connectivity index (χ4v) is 2.13. The van der Waals surface area contributed by atoms with Crippen LogP contribution in [0.4, 0.5) is 5.69 Å². The highest BCUT2D eigenvalue weighted by Gasteiger charge is 2.12. The molecule has 21 heavy (non-hydrogen) atoms. The van der Waals surface area contributed by atoms with E-state index in [4.69, 9.17) is 0 Å². The normalized spacial score (nSPS) is 12.1. The van der Waals surface area contributed by atoms with Crippen molar-refractivity contribution in [2.24, 2.45) is 0 Å². The first-order valence-corrected chi connectivity index (χ1v) is 7.22. The lowest BCUT2D eigenvalue weighted by molar-refractivity contribution is 0.796. The zero-order chi connectivity index (χ0) is 14.7. The maximum absolute atomic E-state index is 4.47. The van der Waals surface area contributed by atoms with Gasteiger partial charge in [0.05, 0.1) is 6.04 Å². The predicted octanol–water partition coefficient (Wildman–Crippen LogP) is 3.20. The summed E-state index contributed by atoms with van der Waals surface area (Å²) in [7, 11) is 0. The van der Waals surface area contributed by atoms with Gasteiger partial charge in [0.1, 0.15) is 17.8 Å². The molecule has 0 aliphatic carbocycles. The minimum Gasteiger partial charge on any atom is -0.375 e. The molecule has 0 spiro atoms. The summed E-state index contributed by atoms with van der Waals surface area (Å²) >= 11 is 3.42. The van der Waals surface area contributed by atoms with Gasteiger partial charge in [-0.3, -0.25) is 5.10 Å². The quantitative estimate of drug-likeness (QED) is 0.759. The number of aromatic amines is 1. The van der Waals surface area contributed by atoms with Gasteiger partial charge in [0.15, 0.2) is 5.82 Å². The maximum Gasteiger partial charge on any atom is 0.199 e. The van der Waals surface area contributed by atoms with E-state index in [0.29, 0.717) is 11.5 Å². The molecule has 3 aromatic rings. The Bertz CT molecular complexity index is 710. The fraction of sp³-hybridized carbons (Fsp3) is 0.143. The highest BCUT2D eigenvalue weighted by Crippen LogP contribution is 2.20. The van der Waals surface area contributed by atoms with Gasteiger partial charge in [0.25, 0.3) is 0 Å². The van der Waals surface area contributed by atoms with E-state index in [1.54, 1.807) is 12.3 Å². The van der Waals surface area contributed by atoms with Crippen molar-refractivity contribution in [2.75, 3.05) is 5.32 Å². The number of hydrogen-bond donors (Lipinski definition) is 2. The number of halogens is 1.